The van der Waals surface area contributed by atoms with Gasteiger partial charge in [-0.3, -0.25) is 0 Å². The Morgan fingerprint density at radius 1 is 0.900 bits per heavy atom. The van der Waals surface area contributed by atoms with Crippen LogP contribution in [-0.2, 0) is 0 Å². The van der Waals surface area contributed by atoms with E-state index in [9.17, 15) is 5.11 Å². The van der Waals surface area contributed by atoms with Crippen LogP contribution in [0.25, 0.3) is 0 Å². The summed E-state index contributed by atoms with van der Waals surface area (Å²) >= 11 is 0. The molecule has 1 atom stereocenters. The summed E-state index contributed by atoms with van der Waals surface area (Å²) in [6.07, 6.45) is 1.59. The molecular formula is C17H22N2O. The maximum absolute atomic E-state index is 9.19. The molecule has 20 heavy (non-hydrogen) atoms. The van der Waals surface area contributed by atoms with Crippen molar-refractivity contribution in [1.29, 1.82) is 0 Å². The van der Waals surface area contributed by atoms with Gasteiger partial charge < -0.3 is 15.7 Å². The van der Waals surface area contributed by atoms with E-state index in [1.165, 1.54) is 0 Å². The van der Waals surface area contributed by atoms with Gasteiger partial charge in [-0.1, -0.05) is 18.2 Å². The second-order valence-electron chi connectivity index (χ2n) is 4.99. The summed E-state index contributed by atoms with van der Waals surface area (Å²) in [6, 6.07) is 18.4. The van der Waals surface area contributed by atoms with E-state index in [0.717, 1.165) is 36.4 Å². The molecule has 0 amide bonds. The smallest absolute Gasteiger partial charge is 0.0512 e. The van der Waals surface area contributed by atoms with E-state index in [2.05, 4.69) is 34.9 Å². The van der Waals surface area contributed by atoms with Crippen LogP contribution in [0.2, 0.25) is 0 Å². The van der Waals surface area contributed by atoms with Gasteiger partial charge in [-0.15, -0.1) is 0 Å². The molecule has 0 aromatic heterocycles. The molecule has 2 rings (SSSR count). The Morgan fingerprint density at radius 2 is 1.50 bits per heavy atom. The van der Waals surface area contributed by atoms with Gasteiger partial charge in [0.1, 0.15) is 0 Å². The van der Waals surface area contributed by atoms with Gasteiger partial charge in [0.05, 0.1) is 6.10 Å². The zero-order valence-electron chi connectivity index (χ0n) is 11.8. The van der Waals surface area contributed by atoms with Crippen LogP contribution in [-0.4, -0.2) is 17.8 Å². The largest absolute Gasteiger partial charge is 0.393 e. The third-order valence-corrected chi connectivity index (χ3v) is 3.08. The van der Waals surface area contributed by atoms with Crippen LogP contribution >= 0.6 is 0 Å². The average molecular weight is 270 g/mol. The van der Waals surface area contributed by atoms with E-state index in [1.807, 2.05) is 37.3 Å². The normalized spacial score (nSPS) is 11.9. The summed E-state index contributed by atoms with van der Waals surface area (Å²) in [6.45, 7) is 2.71. The third kappa shape index (κ3) is 4.94. The molecule has 2 aromatic carbocycles. The van der Waals surface area contributed by atoms with Crippen LogP contribution in [0.3, 0.4) is 0 Å². The minimum atomic E-state index is -0.214. The van der Waals surface area contributed by atoms with Crippen LogP contribution in [0, 0.1) is 0 Å². The molecule has 0 heterocycles. The van der Waals surface area contributed by atoms with E-state index in [0.29, 0.717) is 0 Å². The Morgan fingerprint density at radius 3 is 2.15 bits per heavy atom. The topological polar surface area (TPSA) is 44.3 Å². The van der Waals surface area contributed by atoms with Gasteiger partial charge in [0.25, 0.3) is 0 Å². The summed E-state index contributed by atoms with van der Waals surface area (Å²) < 4.78 is 0. The molecule has 0 aliphatic heterocycles. The van der Waals surface area contributed by atoms with Crippen molar-refractivity contribution in [2.24, 2.45) is 0 Å². The van der Waals surface area contributed by atoms with Crippen molar-refractivity contribution < 1.29 is 5.11 Å². The van der Waals surface area contributed by atoms with Crippen LogP contribution < -0.4 is 10.6 Å². The molecule has 0 fully saturated rings. The van der Waals surface area contributed by atoms with Crippen molar-refractivity contribution in [2.75, 3.05) is 17.2 Å². The molecular weight excluding hydrogens is 248 g/mol. The fraction of sp³-hybridized carbons (Fsp3) is 0.294. The molecule has 3 nitrogen and oxygen atoms in total. The number of aliphatic hydroxyl groups excluding tert-OH is 1. The number of benzene rings is 2. The Labute approximate surface area is 120 Å². The van der Waals surface area contributed by atoms with Crippen molar-refractivity contribution in [2.45, 2.75) is 25.9 Å². The molecule has 106 valence electrons. The predicted molar refractivity (Wildman–Crippen MR) is 85.6 cm³/mol. The number of anilines is 3. The molecule has 0 saturated carbocycles. The second-order valence-corrected chi connectivity index (χ2v) is 4.99. The second kappa shape index (κ2) is 7.56. The maximum atomic E-state index is 9.19. The van der Waals surface area contributed by atoms with Crippen molar-refractivity contribution in [3.8, 4) is 0 Å². The first-order chi connectivity index (χ1) is 9.74. The third-order valence-electron chi connectivity index (χ3n) is 3.08. The fourth-order valence-corrected chi connectivity index (χ4v) is 1.99. The summed E-state index contributed by atoms with van der Waals surface area (Å²) in [5, 5.41) is 15.9. The monoisotopic (exact) mass is 270 g/mol. The van der Waals surface area contributed by atoms with Gasteiger partial charge in [-0.05, 0) is 56.2 Å². The van der Waals surface area contributed by atoms with Gasteiger partial charge in [0.2, 0.25) is 0 Å². The minimum absolute atomic E-state index is 0.214. The zero-order valence-corrected chi connectivity index (χ0v) is 11.8. The summed E-state index contributed by atoms with van der Waals surface area (Å²) in [5.74, 6) is 0. The first-order valence-corrected chi connectivity index (χ1v) is 7.08. The standard InChI is InChI=1S/C17H22N2O/c1-14(20)6-5-13-18-15-9-11-17(12-10-15)19-16-7-3-2-4-8-16/h2-4,7-12,14,18-20H,5-6,13H2,1H3. The molecule has 0 spiro atoms. The lowest BCUT2D eigenvalue weighted by Gasteiger charge is -2.10. The first kappa shape index (κ1) is 14.4. The van der Waals surface area contributed by atoms with Crippen molar-refractivity contribution in [1.82, 2.24) is 0 Å². The summed E-state index contributed by atoms with van der Waals surface area (Å²) in [7, 11) is 0. The number of para-hydroxylation sites is 1. The predicted octanol–water partition coefficient (Wildman–Crippen LogP) is 4.00. The van der Waals surface area contributed by atoms with Crippen LogP contribution in [0.1, 0.15) is 19.8 Å². The highest BCUT2D eigenvalue weighted by atomic mass is 16.3. The molecule has 2 aromatic rings. The zero-order chi connectivity index (χ0) is 14.2. The lowest BCUT2D eigenvalue weighted by molar-refractivity contribution is 0.183. The summed E-state index contributed by atoms with van der Waals surface area (Å²) in [5.41, 5.74) is 3.27. The molecule has 1 unspecified atom stereocenters. The molecule has 3 N–H and O–H groups in total. The van der Waals surface area contributed by atoms with Crippen molar-refractivity contribution in [3.05, 3.63) is 54.6 Å². The van der Waals surface area contributed by atoms with Crippen molar-refractivity contribution in [3.63, 3.8) is 0 Å². The van der Waals surface area contributed by atoms with E-state index >= 15 is 0 Å². The fourth-order valence-electron chi connectivity index (χ4n) is 1.99. The lowest BCUT2D eigenvalue weighted by Crippen LogP contribution is -2.06. The number of rotatable bonds is 7. The van der Waals surface area contributed by atoms with E-state index < -0.39 is 0 Å². The van der Waals surface area contributed by atoms with Gasteiger partial charge in [0, 0.05) is 23.6 Å². The molecule has 0 radical (unpaired) electrons. The molecule has 0 bridgehead atoms. The maximum Gasteiger partial charge on any atom is 0.0512 e. The number of hydrogen-bond donors (Lipinski definition) is 3. The molecule has 0 aliphatic rings. The van der Waals surface area contributed by atoms with Crippen LogP contribution in [0.5, 0.6) is 0 Å². The van der Waals surface area contributed by atoms with Crippen LogP contribution in [0.4, 0.5) is 17.1 Å². The van der Waals surface area contributed by atoms with E-state index in [-0.39, 0.29) is 6.10 Å². The van der Waals surface area contributed by atoms with Gasteiger partial charge in [0.15, 0.2) is 0 Å². The molecule has 0 aliphatic carbocycles. The minimum Gasteiger partial charge on any atom is -0.393 e. The molecule has 0 saturated heterocycles. The highest BCUT2D eigenvalue weighted by molar-refractivity contribution is 5.62. The quantitative estimate of drug-likeness (QED) is 0.666. The number of nitrogens with one attached hydrogen (secondary N) is 2. The SMILES string of the molecule is CC(O)CCCNc1ccc(Nc2ccccc2)cc1. The van der Waals surface area contributed by atoms with E-state index in [1.54, 1.807) is 0 Å². The highest BCUT2D eigenvalue weighted by Crippen LogP contribution is 2.18. The summed E-state index contributed by atoms with van der Waals surface area (Å²) in [4.78, 5) is 0. The van der Waals surface area contributed by atoms with Crippen LogP contribution in [0.15, 0.2) is 54.6 Å². The Kier molecular flexibility index (Phi) is 5.44. The van der Waals surface area contributed by atoms with Gasteiger partial charge in [-0.25, -0.2) is 0 Å². The van der Waals surface area contributed by atoms with Gasteiger partial charge >= 0.3 is 0 Å². The highest BCUT2D eigenvalue weighted by Gasteiger charge is 1.97. The Bertz CT molecular complexity index is 494. The lowest BCUT2D eigenvalue weighted by atomic mass is 10.2. The average Bonchev–Trinajstić information content (AvgIpc) is 2.46. The van der Waals surface area contributed by atoms with Gasteiger partial charge in [-0.2, -0.15) is 0 Å². The first-order valence-electron chi connectivity index (χ1n) is 7.08. The Balaban J connectivity index is 1.81. The Hall–Kier alpha value is -2.00. The number of aliphatic hydroxyl groups is 1. The molecule has 3 heteroatoms. The number of hydrogen-bond acceptors (Lipinski definition) is 3. The van der Waals surface area contributed by atoms with Crippen molar-refractivity contribution >= 4 is 17.1 Å². The van der Waals surface area contributed by atoms with E-state index in [4.69, 9.17) is 0 Å².